The quantitative estimate of drug-likeness (QED) is 0.879. The molecule has 4 heteroatoms. The summed E-state index contributed by atoms with van der Waals surface area (Å²) < 4.78 is 13.6. The lowest BCUT2D eigenvalue weighted by Crippen LogP contribution is -1.97. The Hall–Kier alpha value is -1.87. The van der Waals surface area contributed by atoms with E-state index >= 15 is 0 Å². The fourth-order valence-electron chi connectivity index (χ4n) is 1.51. The first kappa shape index (κ1) is 11.6. The summed E-state index contributed by atoms with van der Waals surface area (Å²) in [5, 5.41) is 9.39. The third-order valence-corrected chi connectivity index (χ3v) is 2.62. The SMILES string of the molecule is O=C(O)c1ccc(F)c(-c2ccc(Cl)cc2)c1. The van der Waals surface area contributed by atoms with Crippen LogP contribution in [0.2, 0.25) is 5.02 Å². The number of hydrogen-bond donors (Lipinski definition) is 1. The minimum Gasteiger partial charge on any atom is -0.478 e. The van der Waals surface area contributed by atoms with Crippen LogP contribution >= 0.6 is 11.6 Å². The first-order valence-corrected chi connectivity index (χ1v) is 5.24. The maximum absolute atomic E-state index is 13.6. The van der Waals surface area contributed by atoms with Gasteiger partial charge in [-0.2, -0.15) is 0 Å². The molecule has 0 atom stereocenters. The molecule has 0 radical (unpaired) electrons. The Kier molecular flexibility index (Phi) is 3.11. The molecule has 0 aromatic heterocycles. The van der Waals surface area contributed by atoms with Crippen LogP contribution in [0.5, 0.6) is 0 Å². The summed E-state index contributed by atoms with van der Waals surface area (Å²) in [6.07, 6.45) is 0. The van der Waals surface area contributed by atoms with E-state index in [0.29, 0.717) is 10.6 Å². The molecule has 0 aliphatic heterocycles. The van der Waals surface area contributed by atoms with Crippen molar-refractivity contribution in [2.24, 2.45) is 0 Å². The highest BCUT2D eigenvalue weighted by atomic mass is 35.5. The molecule has 0 amide bonds. The first-order chi connectivity index (χ1) is 8.08. The smallest absolute Gasteiger partial charge is 0.335 e. The molecule has 86 valence electrons. The average Bonchev–Trinajstić information content (AvgIpc) is 2.31. The van der Waals surface area contributed by atoms with E-state index in [1.165, 1.54) is 12.1 Å². The van der Waals surface area contributed by atoms with Crippen molar-refractivity contribution in [1.82, 2.24) is 0 Å². The number of halogens is 2. The van der Waals surface area contributed by atoms with Gasteiger partial charge in [0.1, 0.15) is 5.82 Å². The lowest BCUT2D eigenvalue weighted by atomic mass is 10.0. The van der Waals surface area contributed by atoms with Crippen molar-refractivity contribution in [2.75, 3.05) is 0 Å². The van der Waals surface area contributed by atoms with Crippen LogP contribution in [0, 0.1) is 5.82 Å². The van der Waals surface area contributed by atoms with Gasteiger partial charge in [0.2, 0.25) is 0 Å². The van der Waals surface area contributed by atoms with E-state index in [2.05, 4.69) is 0 Å². The molecule has 0 fully saturated rings. The highest BCUT2D eigenvalue weighted by Crippen LogP contribution is 2.25. The molecular weight excluding hydrogens is 243 g/mol. The van der Waals surface area contributed by atoms with Gasteiger partial charge in [-0.3, -0.25) is 0 Å². The number of carboxylic acids is 1. The Morgan fingerprint density at radius 3 is 2.35 bits per heavy atom. The Morgan fingerprint density at radius 2 is 1.76 bits per heavy atom. The molecule has 0 saturated carbocycles. The number of rotatable bonds is 2. The summed E-state index contributed by atoms with van der Waals surface area (Å²) in [6.45, 7) is 0. The summed E-state index contributed by atoms with van der Waals surface area (Å²) in [6, 6.07) is 10.2. The maximum atomic E-state index is 13.6. The molecule has 0 spiro atoms. The second-order valence-corrected chi connectivity index (χ2v) is 3.94. The molecular formula is C13H8ClFO2. The molecule has 2 aromatic carbocycles. The monoisotopic (exact) mass is 250 g/mol. The molecule has 2 rings (SSSR count). The highest BCUT2D eigenvalue weighted by molar-refractivity contribution is 6.30. The van der Waals surface area contributed by atoms with E-state index in [1.54, 1.807) is 24.3 Å². The van der Waals surface area contributed by atoms with Crippen LogP contribution in [0.3, 0.4) is 0 Å². The van der Waals surface area contributed by atoms with Gasteiger partial charge in [0.15, 0.2) is 0 Å². The van der Waals surface area contributed by atoms with Gasteiger partial charge in [-0.05, 0) is 35.9 Å². The number of hydrogen-bond acceptors (Lipinski definition) is 1. The van der Waals surface area contributed by atoms with Crippen LogP contribution < -0.4 is 0 Å². The van der Waals surface area contributed by atoms with E-state index < -0.39 is 11.8 Å². The molecule has 17 heavy (non-hydrogen) atoms. The van der Waals surface area contributed by atoms with Crippen LogP contribution in [0.1, 0.15) is 10.4 Å². The first-order valence-electron chi connectivity index (χ1n) is 4.87. The van der Waals surface area contributed by atoms with Gasteiger partial charge in [-0.25, -0.2) is 9.18 Å². The van der Waals surface area contributed by atoms with Crippen LogP contribution in [0.15, 0.2) is 42.5 Å². The fraction of sp³-hybridized carbons (Fsp3) is 0. The van der Waals surface area contributed by atoms with Crippen LogP contribution in [-0.2, 0) is 0 Å². The molecule has 2 nitrogen and oxygen atoms in total. The lowest BCUT2D eigenvalue weighted by Gasteiger charge is -2.05. The average molecular weight is 251 g/mol. The molecule has 1 N–H and O–H groups in total. The molecule has 0 unspecified atom stereocenters. The fourth-order valence-corrected chi connectivity index (χ4v) is 1.63. The molecule has 0 saturated heterocycles. The van der Waals surface area contributed by atoms with E-state index in [0.717, 1.165) is 6.07 Å². The van der Waals surface area contributed by atoms with Gasteiger partial charge in [0.05, 0.1) is 5.56 Å². The lowest BCUT2D eigenvalue weighted by molar-refractivity contribution is 0.0697. The summed E-state index contributed by atoms with van der Waals surface area (Å²) in [4.78, 5) is 10.8. The molecule has 2 aromatic rings. The van der Waals surface area contributed by atoms with Crippen molar-refractivity contribution in [2.45, 2.75) is 0 Å². The van der Waals surface area contributed by atoms with Crippen molar-refractivity contribution in [1.29, 1.82) is 0 Å². The zero-order chi connectivity index (χ0) is 12.4. The van der Waals surface area contributed by atoms with Gasteiger partial charge in [-0.15, -0.1) is 0 Å². The van der Waals surface area contributed by atoms with Crippen LogP contribution in [0.4, 0.5) is 4.39 Å². The van der Waals surface area contributed by atoms with Crippen molar-refractivity contribution in [3.8, 4) is 11.1 Å². The summed E-state index contributed by atoms with van der Waals surface area (Å²) in [7, 11) is 0. The maximum Gasteiger partial charge on any atom is 0.335 e. The Labute approximate surface area is 102 Å². The van der Waals surface area contributed by atoms with E-state index in [9.17, 15) is 9.18 Å². The van der Waals surface area contributed by atoms with Crippen molar-refractivity contribution in [3.05, 3.63) is 58.9 Å². The van der Waals surface area contributed by atoms with E-state index in [-0.39, 0.29) is 11.1 Å². The Bertz CT molecular complexity index is 564. The number of carbonyl (C=O) groups is 1. The largest absolute Gasteiger partial charge is 0.478 e. The molecule has 0 aliphatic rings. The Morgan fingerprint density at radius 1 is 1.12 bits per heavy atom. The van der Waals surface area contributed by atoms with Crippen molar-refractivity contribution >= 4 is 17.6 Å². The third kappa shape index (κ3) is 2.45. The number of aromatic carboxylic acids is 1. The van der Waals surface area contributed by atoms with Gasteiger partial charge >= 0.3 is 5.97 Å². The van der Waals surface area contributed by atoms with Gasteiger partial charge in [0.25, 0.3) is 0 Å². The predicted octanol–water partition coefficient (Wildman–Crippen LogP) is 3.84. The zero-order valence-corrected chi connectivity index (χ0v) is 9.41. The molecule has 0 heterocycles. The third-order valence-electron chi connectivity index (χ3n) is 2.37. The number of benzene rings is 2. The normalized spacial score (nSPS) is 10.2. The van der Waals surface area contributed by atoms with E-state index in [1.807, 2.05) is 0 Å². The molecule has 0 bridgehead atoms. The van der Waals surface area contributed by atoms with Gasteiger partial charge in [-0.1, -0.05) is 23.7 Å². The van der Waals surface area contributed by atoms with Crippen LogP contribution in [0.25, 0.3) is 11.1 Å². The van der Waals surface area contributed by atoms with E-state index in [4.69, 9.17) is 16.7 Å². The van der Waals surface area contributed by atoms with Gasteiger partial charge in [0, 0.05) is 10.6 Å². The second-order valence-electron chi connectivity index (χ2n) is 3.51. The van der Waals surface area contributed by atoms with Crippen molar-refractivity contribution in [3.63, 3.8) is 0 Å². The minimum atomic E-state index is -1.08. The zero-order valence-electron chi connectivity index (χ0n) is 8.65. The summed E-state index contributed by atoms with van der Waals surface area (Å²) in [5.41, 5.74) is 0.896. The predicted molar refractivity (Wildman–Crippen MR) is 63.8 cm³/mol. The topological polar surface area (TPSA) is 37.3 Å². The standard InChI is InChI=1S/C13H8ClFO2/c14-10-4-1-8(2-5-10)11-7-9(13(16)17)3-6-12(11)15/h1-7H,(H,16,17). The summed E-state index contributed by atoms with van der Waals surface area (Å²) in [5.74, 6) is -1.54. The highest BCUT2D eigenvalue weighted by Gasteiger charge is 2.09. The molecule has 0 aliphatic carbocycles. The van der Waals surface area contributed by atoms with Crippen LogP contribution in [-0.4, -0.2) is 11.1 Å². The second kappa shape index (κ2) is 4.55. The van der Waals surface area contributed by atoms with Gasteiger partial charge < -0.3 is 5.11 Å². The van der Waals surface area contributed by atoms with Crippen molar-refractivity contribution < 1.29 is 14.3 Å². The minimum absolute atomic E-state index is 0.0522. The number of carboxylic acid groups (broad SMARTS) is 1. The Balaban J connectivity index is 2.54. The summed E-state index contributed by atoms with van der Waals surface area (Å²) >= 11 is 5.73.